The van der Waals surface area contributed by atoms with E-state index in [0.717, 1.165) is 77.9 Å². The molecular weight excluding hydrogens is 1100 g/mol. The Morgan fingerprint density at radius 2 is 0.568 bits per heavy atom. The van der Waals surface area contributed by atoms with Crippen LogP contribution >= 0.6 is 0 Å². The molecule has 0 aromatic heterocycles. The minimum atomic E-state index is -0.410. The average Bonchev–Trinajstić information content (AvgIpc) is 3.25. The molecule has 0 amide bonds. The van der Waals surface area contributed by atoms with Crippen molar-refractivity contribution in [3.63, 3.8) is 0 Å². The minimum Gasteiger partial charge on any atom is -0.489 e. The molecule has 440 valence electrons. The van der Waals surface area contributed by atoms with Gasteiger partial charge in [-0.15, -0.1) is 0 Å². The lowest BCUT2D eigenvalue weighted by Crippen LogP contribution is -2.03. The van der Waals surface area contributed by atoms with Gasteiger partial charge in [0.25, 0.3) is 0 Å². The second-order valence-corrected chi connectivity index (χ2v) is 20.7. The quantitative estimate of drug-likeness (QED) is 0.0405. The lowest BCUT2D eigenvalue weighted by molar-refractivity contribution is 0.0600. The maximum atomic E-state index is 12.3. The Morgan fingerprint density at radius 1 is 0.284 bits per heavy atom. The maximum Gasteiger partial charge on any atom is 0.337 e. The molecule has 10 nitrogen and oxygen atoms in total. The Morgan fingerprint density at radius 3 is 0.898 bits per heavy atom. The number of hydrogen-bond acceptors (Lipinski definition) is 10. The predicted molar refractivity (Wildman–Crippen MR) is 350 cm³/mol. The lowest BCUT2D eigenvalue weighted by atomic mass is 10.0. The molecule has 0 saturated heterocycles. The number of methoxy groups -OCH3 is 1. The van der Waals surface area contributed by atoms with Crippen LogP contribution in [0.3, 0.4) is 0 Å². The molecule has 0 unspecified atom stereocenters. The molecule has 0 fully saturated rings. The Kier molecular flexibility index (Phi) is 20.7. The fourth-order valence-electron chi connectivity index (χ4n) is 9.24. The van der Waals surface area contributed by atoms with Crippen LogP contribution in [0.4, 0.5) is 0 Å². The first-order chi connectivity index (χ1) is 43.2. The van der Waals surface area contributed by atoms with Gasteiger partial charge < -0.3 is 42.6 Å². The van der Waals surface area contributed by atoms with Crippen LogP contribution in [0.2, 0.25) is 0 Å². The van der Waals surface area contributed by atoms with Crippen LogP contribution in [0.25, 0.3) is 35.4 Å². The van der Waals surface area contributed by atoms with Crippen molar-refractivity contribution >= 4 is 30.3 Å². The van der Waals surface area contributed by atoms with Crippen molar-refractivity contribution in [2.24, 2.45) is 0 Å². The summed E-state index contributed by atoms with van der Waals surface area (Å²) in [6.07, 6.45) is 7.27. The SMILES string of the molecule is C=Cc1ccc(COc2ccc(COc3ccc(COc4cc(OCc5ccc(OCc6ccc(OCc7ccc(C=C)cc7)c(OCc7ccc(C=C)cc7)c6)cc5)cc(-c5ccc(C(=O)OC)cc5)c4)cc3)cc2OCc2ccc(C=C)cc2)cc1. The van der Waals surface area contributed by atoms with Crippen molar-refractivity contribution in [2.45, 2.75) is 52.9 Å². The molecule has 0 saturated carbocycles. The van der Waals surface area contributed by atoms with Crippen molar-refractivity contribution in [2.75, 3.05) is 7.11 Å². The van der Waals surface area contributed by atoms with E-state index in [1.54, 1.807) is 12.1 Å². The molecule has 88 heavy (non-hydrogen) atoms. The van der Waals surface area contributed by atoms with Gasteiger partial charge in [-0.05, 0) is 151 Å². The van der Waals surface area contributed by atoms with Crippen LogP contribution in [0.15, 0.2) is 251 Å². The molecule has 0 aliphatic heterocycles. The first-order valence-electron chi connectivity index (χ1n) is 28.8. The van der Waals surface area contributed by atoms with Crippen LogP contribution in [0.5, 0.6) is 46.0 Å². The smallest absolute Gasteiger partial charge is 0.337 e. The Labute approximate surface area is 515 Å². The highest BCUT2D eigenvalue weighted by atomic mass is 16.5. The Balaban J connectivity index is 0.766. The topological polar surface area (TPSA) is 100 Å². The lowest BCUT2D eigenvalue weighted by Gasteiger charge is -2.16. The van der Waals surface area contributed by atoms with Gasteiger partial charge >= 0.3 is 5.97 Å². The van der Waals surface area contributed by atoms with Crippen molar-refractivity contribution in [3.8, 4) is 57.1 Å². The zero-order valence-electron chi connectivity index (χ0n) is 49.2. The van der Waals surface area contributed by atoms with Crippen molar-refractivity contribution in [1.29, 1.82) is 0 Å². The summed E-state index contributed by atoms with van der Waals surface area (Å²) in [5.41, 5.74) is 14.2. The molecule has 0 aliphatic rings. The third kappa shape index (κ3) is 17.1. The number of benzene rings is 10. The highest BCUT2D eigenvalue weighted by Crippen LogP contribution is 2.35. The summed E-state index contributed by atoms with van der Waals surface area (Å²) in [6, 6.07) is 72.8. The summed E-state index contributed by atoms with van der Waals surface area (Å²) in [6.45, 7) is 18.1. The van der Waals surface area contributed by atoms with E-state index in [4.69, 9.17) is 42.6 Å². The third-order valence-corrected chi connectivity index (χ3v) is 14.4. The first-order valence-corrected chi connectivity index (χ1v) is 28.8. The number of carbonyl (C=O) groups is 1. The largest absolute Gasteiger partial charge is 0.489 e. The van der Waals surface area contributed by atoms with Gasteiger partial charge in [0.15, 0.2) is 23.0 Å². The van der Waals surface area contributed by atoms with Crippen LogP contribution in [0, 0.1) is 0 Å². The van der Waals surface area contributed by atoms with Gasteiger partial charge in [0.2, 0.25) is 0 Å². The van der Waals surface area contributed by atoms with E-state index < -0.39 is 5.97 Å². The van der Waals surface area contributed by atoms with E-state index >= 15 is 0 Å². The van der Waals surface area contributed by atoms with Gasteiger partial charge in [-0.3, -0.25) is 0 Å². The molecule has 10 aromatic carbocycles. The molecule has 0 N–H and O–H groups in total. The standard InChI is InChI=1S/C78H68O10/c1-6-55-10-18-59(19-11-55)49-85-74-40-30-65(42-76(74)87-51-61-22-14-57(8-3)15-23-61)53-81-70-36-26-63(27-37-70)47-83-72-44-69(67-32-34-68(35-33-67)78(79)80-5)45-73(46-72)84-48-64-28-38-71(39-29-64)82-54-66-31-41-75(86-50-60-20-12-56(7-2)13-21-60)77(43-66)88-52-62-24-16-58(9-4)17-25-62/h6-46H,1-4,47-54H2,5H3. The average molecular weight is 1170 g/mol. The maximum absolute atomic E-state index is 12.3. The predicted octanol–water partition coefficient (Wildman–Crippen LogP) is 18.3. The zero-order valence-corrected chi connectivity index (χ0v) is 49.2. The summed E-state index contributed by atoms with van der Waals surface area (Å²) in [5, 5.41) is 0. The Hall–Kier alpha value is -11.0. The number of hydrogen-bond donors (Lipinski definition) is 0. The molecule has 10 aromatic rings. The van der Waals surface area contributed by atoms with E-state index in [1.807, 2.05) is 237 Å². The van der Waals surface area contributed by atoms with E-state index in [1.165, 1.54) is 7.11 Å². The molecule has 0 bridgehead atoms. The van der Waals surface area contributed by atoms with Crippen molar-refractivity contribution < 1.29 is 47.4 Å². The summed E-state index contributed by atoms with van der Waals surface area (Å²) in [5.74, 6) is 4.70. The van der Waals surface area contributed by atoms with E-state index in [0.29, 0.717) is 91.2 Å². The van der Waals surface area contributed by atoms with E-state index in [-0.39, 0.29) is 13.2 Å². The summed E-state index contributed by atoms with van der Waals surface area (Å²) >= 11 is 0. The van der Waals surface area contributed by atoms with Crippen LogP contribution in [0.1, 0.15) is 77.1 Å². The van der Waals surface area contributed by atoms with Crippen molar-refractivity contribution in [3.05, 3.63) is 323 Å². The van der Waals surface area contributed by atoms with E-state index in [2.05, 4.69) is 26.3 Å². The van der Waals surface area contributed by atoms with Gasteiger partial charge in [-0.2, -0.15) is 0 Å². The molecule has 10 rings (SSSR count). The van der Waals surface area contributed by atoms with Gasteiger partial charge in [-0.25, -0.2) is 4.79 Å². The molecule has 0 atom stereocenters. The number of esters is 1. The van der Waals surface area contributed by atoms with Crippen LogP contribution in [-0.4, -0.2) is 13.1 Å². The summed E-state index contributed by atoms with van der Waals surface area (Å²) in [7, 11) is 1.37. The molecule has 0 radical (unpaired) electrons. The molecular formula is C78H68O10. The second-order valence-electron chi connectivity index (χ2n) is 20.7. The molecule has 0 aliphatic carbocycles. The Bertz CT molecular complexity index is 3720. The molecule has 0 heterocycles. The third-order valence-electron chi connectivity index (χ3n) is 14.4. The summed E-state index contributed by atoms with van der Waals surface area (Å²) in [4.78, 5) is 12.3. The monoisotopic (exact) mass is 1160 g/mol. The molecule has 0 spiro atoms. The van der Waals surface area contributed by atoms with Gasteiger partial charge in [0.05, 0.1) is 12.7 Å². The van der Waals surface area contributed by atoms with Gasteiger partial charge in [-0.1, -0.05) is 196 Å². The van der Waals surface area contributed by atoms with Crippen LogP contribution in [-0.2, 0) is 57.6 Å². The zero-order chi connectivity index (χ0) is 60.9. The number of rotatable bonds is 30. The number of carbonyl (C=O) groups excluding carboxylic acids is 1. The highest BCUT2D eigenvalue weighted by Gasteiger charge is 2.14. The van der Waals surface area contributed by atoms with Gasteiger partial charge in [0.1, 0.15) is 75.9 Å². The molecule has 10 heteroatoms. The van der Waals surface area contributed by atoms with E-state index in [9.17, 15) is 4.79 Å². The fraction of sp³-hybridized carbons (Fsp3) is 0.115. The number of ether oxygens (including phenoxy) is 9. The highest BCUT2D eigenvalue weighted by molar-refractivity contribution is 5.90. The fourth-order valence-corrected chi connectivity index (χ4v) is 9.24. The van der Waals surface area contributed by atoms with Crippen LogP contribution < -0.4 is 37.9 Å². The normalized spacial score (nSPS) is 10.7. The van der Waals surface area contributed by atoms with Gasteiger partial charge in [0, 0.05) is 6.07 Å². The second kappa shape index (κ2) is 30.2. The minimum absolute atomic E-state index is 0.283. The first kappa shape index (κ1) is 60.2. The summed E-state index contributed by atoms with van der Waals surface area (Å²) < 4.78 is 55.8. The van der Waals surface area contributed by atoms with Crippen molar-refractivity contribution in [1.82, 2.24) is 0 Å².